The number of carbonyl (C=O) groups is 1. The summed E-state index contributed by atoms with van der Waals surface area (Å²) in [6, 6.07) is 15.6. The molecule has 0 atom stereocenters. The Morgan fingerprint density at radius 2 is 1.88 bits per heavy atom. The molecule has 0 saturated heterocycles. The number of benzene rings is 2. The summed E-state index contributed by atoms with van der Waals surface area (Å²) in [6.07, 6.45) is 2.50. The van der Waals surface area contributed by atoms with Crippen molar-refractivity contribution in [1.82, 2.24) is 14.8 Å². The lowest BCUT2D eigenvalue weighted by molar-refractivity contribution is -0.105. The number of nitrogens with zero attached hydrogens (tertiary/aromatic N) is 5. The van der Waals surface area contributed by atoms with Gasteiger partial charge in [0, 0.05) is 11.3 Å². The average molecular weight is 332 g/mol. The molecule has 25 heavy (non-hydrogen) atoms. The summed E-state index contributed by atoms with van der Waals surface area (Å²) < 4.78 is 2.00. The molecule has 0 radical (unpaired) electrons. The van der Waals surface area contributed by atoms with Gasteiger partial charge in [-0.15, -0.1) is 10.2 Å². The second kappa shape index (κ2) is 6.20. The normalized spacial score (nSPS) is 12.3. The molecule has 3 aromatic rings. The molecule has 0 spiro atoms. The van der Waals surface area contributed by atoms with Crippen molar-refractivity contribution < 1.29 is 4.79 Å². The van der Waals surface area contributed by atoms with Gasteiger partial charge in [-0.05, 0) is 30.7 Å². The number of carbonyl (C=O) groups excluding carboxylic acids is 1. The van der Waals surface area contributed by atoms with Gasteiger partial charge in [0.2, 0.25) is 6.41 Å². The highest BCUT2D eigenvalue weighted by Crippen LogP contribution is 2.26. The van der Waals surface area contributed by atoms with E-state index in [9.17, 15) is 4.79 Å². The SMILES string of the molecule is Cc1nnc2n1-c1ccccc1C=NN2Cc1ccc(NC=O)cc1. The Balaban J connectivity index is 1.70. The Morgan fingerprint density at radius 3 is 2.68 bits per heavy atom. The smallest absolute Gasteiger partial charge is 0.252 e. The molecule has 7 heteroatoms. The number of hydrazone groups is 1. The number of para-hydroxylation sites is 1. The second-order valence-electron chi connectivity index (χ2n) is 5.70. The third kappa shape index (κ3) is 2.76. The van der Waals surface area contributed by atoms with Crippen molar-refractivity contribution in [3.63, 3.8) is 0 Å². The maximum atomic E-state index is 10.5. The minimum atomic E-state index is 0.546. The second-order valence-corrected chi connectivity index (χ2v) is 5.70. The minimum Gasteiger partial charge on any atom is -0.329 e. The topological polar surface area (TPSA) is 75.4 Å². The van der Waals surface area contributed by atoms with Crippen LogP contribution in [0.25, 0.3) is 5.69 Å². The number of hydrogen-bond acceptors (Lipinski definition) is 5. The van der Waals surface area contributed by atoms with Crippen LogP contribution >= 0.6 is 0 Å². The van der Waals surface area contributed by atoms with Crippen molar-refractivity contribution in [3.8, 4) is 5.69 Å². The van der Waals surface area contributed by atoms with Crippen molar-refractivity contribution in [2.45, 2.75) is 13.5 Å². The van der Waals surface area contributed by atoms with Crippen molar-refractivity contribution >= 4 is 24.3 Å². The fourth-order valence-corrected chi connectivity index (χ4v) is 2.84. The fraction of sp³-hybridized carbons (Fsp3) is 0.111. The number of aromatic nitrogens is 3. The molecule has 1 aliphatic heterocycles. The number of amides is 1. The number of rotatable bonds is 4. The molecule has 2 aromatic carbocycles. The predicted molar refractivity (Wildman–Crippen MR) is 96.0 cm³/mol. The number of nitrogens with one attached hydrogen (secondary N) is 1. The summed E-state index contributed by atoms with van der Waals surface area (Å²) in [6.45, 7) is 2.47. The van der Waals surface area contributed by atoms with Crippen LogP contribution in [0, 0.1) is 6.92 Å². The van der Waals surface area contributed by atoms with E-state index in [-0.39, 0.29) is 0 Å². The monoisotopic (exact) mass is 332 g/mol. The predicted octanol–water partition coefficient (Wildman–Crippen LogP) is 2.50. The van der Waals surface area contributed by atoms with E-state index in [0.717, 1.165) is 28.3 Å². The third-order valence-electron chi connectivity index (χ3n) is 4.06. The van der Waals surface area contributed by atoms with E-state index in [2.05, 4.69) is 20.6 Å². The van der Waals surface area contributed by atoms with E-state index in [1.165, 1.54) is 0 Å². The van der Waals surface area contributed by atoms with Gasteiger partial charge in [-0.2, -0.15) is 5.10 Å². The fourth-order valence-electron chi connectivity index (χ4n) is 2.84. The number of aryl methyl sites for hydroxylation is 1. The minimum absolute atomic E-state index is 0.546. The van der Waals surface area contributed by atoms with Crippen LogP contribution in [0.3, 0.4) is 0 Å². The lowest BCUT2D eigenvalue weighted by Crippen LogP contribution is -2.19. The molecule has 0 bridgehead atoms. The lowest BCUT2D eigenvalue weighted by atomic mass is 10.2. The van der Waals surface area contributed by atoms with Crippen LogP contribution in [-0.4, -0.2) is 27.4 Å². The van der Waals surface area contributed by atoms with Crippen LogP contribution in [0.5, 0.6) is 0 Å². The molecule has 4 rings (SSSR count). The number of fused-ring (bicyclic) bond motifs is 3. The summed E-state index contributed by atoms with van der Waals surface area (Å²) in [5, 5.41) is 17.6. The van der Waals surface area contributed by atoms with Crippen molar-refractivity contribution in [2.75, 3.05) is 10.3 Å². The van der Waals surface area contributed by atoms with E-state index >= 15 is 0 Å². The highest BCUT2D eigenvalue weighted by Gasteiger charge is 2.21. The van der Waals surface area contributed by atoms with Gasteiger partial charge in [-0.3, -0.25) is 9.36 Å². The molecule has 0 fully saturated rings. The summed E-state index contributed by atoms with van der Waals surface area (Å²) in [7, 11) is 0. The third-order valence-corrected chi connectivity index (χ3v) is 4.06. The van der Waals surface area contributed by atoms with Crippen LogP contribution in [-0.2, 0) is 11.3 Å². The van der Waals surface area contributed by atoms with E-state index < -0.39 is 0 Å². The van der Waals surface area contributed by atoms with Crippen molar-refractivity contribution in [3.05, 3.63) is 65.5 Å². The number of anilines is 2. The Hall–Kier alpha value is -3.48. The van der Waals surface area contributed by atoms with Crippen LogP contribution in [0.4, 0.5) is 11.6 Å². The molecular weight excluding hydrogens is 316 g/mol. The van der Waals surface area contributed by atoms with E-state index in [1.807, 2.05) is 71.2 Å². The zero-order valence-electron chi connectivity index (χ0n) is 13.6. The molecule has 0 aliphatic carbocycles. The lowest BCUT2D eigenvalue weighted by Gasteiger charge is -2.17. The molecular formula is C18H16N6O. The van der Waals surface area contributed by atoms with Gasteiger partial charge in [0.05, 0.1) is 18.4 Å². The van der Waals surface area contributed by atoms with Gasteiger partial charge in [-0.25, -0.2) is 5.01 Å². The molecule has 7 nitrogen and oxygen atoms in total. The first-order valence-electron chi connectivity index (χ1n) is 7.88. The number of hydrogen-bond donors (Lipinski definition) is 1. The van der Waals surface area contributed by atoms with Gasteiger partial charge in [0.1, 0.15) is 5.82 Å². The van der Waals surface area contributed by atoms with Gasteiger partial charge in [0.25, 0.3) is 5.95 Å². The summed E-state index contributed by atoms with van der Waals surface area (Å²) in [5.74, 6) is 1.48. The molecule has 124 valence electrons. The maximum absolute atomic E-state index is 10.5. The van der Waals surface area contributed by atoms with Crippen molar-refractivity contribution in [1.29, 1.82) is 0 Å². The van der Waals surface area contributed by atoms with Crippen molar-refractivity contribution in [2.24, 2.45) is 5.10 Å². The highest BCUT2D eigenvalue weighted by molar-refractivity contribution is 5.86. The molecule has 2 heterocycles. The van der Waals surface area contributed by atoms with Crippen LogP contribution in [0.1, 0.15) is 17.0 Å². The molecule has 1 aliphatic rings. The van der Waals surface area contributed by atoms with Gasteiger partial charge in [-0.1, -0.05) is 30.3 Å². The highest BCUT2D eigenvalue weighted by atomic mass is 16.1. The quantitative estimate of drug-likeness (QED) is 0.745. The molecule has 0 unspecified atom stereocenters. The maximum Gasteiger partial charge on any atom is 0.252 e. The van der Waals surface area contributed by atoms with E-state index in [4.69, 9.17) is 0 Å². The first-order chi connectivity index (χ1) is 12.3. The zero-order valence-corrected chi connectivity index (χ0v) is 13.6. The van der Waals surface area contributed by atoms with Gasteiger partial charge in [0.15, 0.2) is 0 Å². The Bertz CT molecular complexity index is 944. The van der Waals surface area contributed by atoms with Gasteiger partial charge < -0.3 is 5.32 Å². The summed E-state index contributed by atoms with van der Waals surface area (Å²) in [5.41, 5.74) is 3.83. The van der Waals surface area contributed by atoms with E-state index in [0.29, 0.717) is 18.9 Å². The zero-order chi connectivity index (χ0) is 17.2. The Labute approximate surface area is 144 Å². The van der Waals surface area contributed by atoms with Gasteiger partial charge >= 0.3 is 0 Å². The first-order valence-corrected chi connectivity index (χ1v) is 7.88. The van der Waals surface area contributed by atoms with E-state index in [1.54, 1.807) is 0 Å². The molecule has 1 N–H and O–H groups in total. The van der Waals surface area contributed by atoms with Crippen LogP contribution < -0.4 is 10.3 Å². The standard InChI is InChI=1S/C18H16N6O/c1-13-21-22-18-23(11-14-6-8-16(9-7-14)19-12-25)20-10-15-4-2-3-5-17(15)24(13)18/h2-10,12H,11H2,1H3,(H,19,25). The largest absolute Gasteiger partial charge is 0.329 e. The summed E-state index contributed by atoms with van der Waals surface area (Å²) >= 11 is 0. The van der Waals surface area contributed by atoms with Crippen LogP contribution in [0.15, 0.2) is 53.6 Å². The molecule has 0 saturated carbocycles. The Kier molecular flexibility index (Phi) is 3.74. The molecule has 1 amide bonds. The summed E-state index contributed by atoms with van der Waals surface area (Å²) in [4.78, 5) is 10.5. The molecule has 1 aromatic heterocycles. The average Bonchev–Trinajstić information content (AvgIpc) is 2.94. The Morgan fingerprint density at radius 1 is 1.08 bits per heavy atom. The first kappa shape index (κ1) is 15.1. The van der Waals surface area contributed by atoms with Crippen LogP contribution in [0.2, 0.25) is 0 Å².